The van der Waals surface area contributed by atoms with Gasteiger partial charge in [-0.2, -0.15) is 0 Å². The van der Waals surface area contributed by atoms with Gasteiger partial charge in [0.25, 0.3) is 0 Å². The van der Waals surface area contributed by atoms with Crippen LogP contribution in [-0.2, 0) is 39.6 Å². The minimum Gasteiger partial charge on any atom is -0.450 e. The first-order chi connectivity index (χ1) is 21.8. The molecule has 0 bridgehead atoms. The second-order valence-electron chi connectivity index (χ2n) is 15.3. The molecule has 0 aliphatic rings. The van der Waals surface area contributed by atoms with Crippen LogP contribution in [0, 0.1) is 11.8 Å². The molecule has 0 spiro atoms. The highest BCUT2D eigenvalue weighted by Gasteiger charge is 2.49. The van der Waals surface area contributed by atoms with E-state index in [0.29, 0.717) is 6.61 Å². The molecule has 1 aromatic rings. The minimum absolute atomic E-state index is 0.0468. The summed E-state index contributed by atoms with van der Waals surface area (Å²) in [7, 11) is -3.81. The lowest BCUT2D eigenvalue weighted by atomic mass is 9.93. The van der Waals surface area contributed by atoms with Crippen molar-refractivity contribution in [3.63, 3.8) is 0 Å². The van der Waals surface area contributed by atoms with Gasteiger partial charge in [-0.3, -0.25) is 4.79 Å². The van der Waals surface area contributed by atoms with Crippen molar-refractivity contribution in [2.24, 2.45) is 11.8 Å². The van der Waals surface area contributed by atoms with Crippen molar-refractivity contribution in [1.82, 2.24) is 5.32 Å². The first-order valence-corrected chi connectivity index (χ1v) is 23.3. The number of benzene rings is 1. The van der Waals surface area contributed by atoms with E-state index in [1.807, 2.05) is 44.2 Å². The molecule has 1 amide bonds. The molecular weight excluding hydrogens is 631 g/mol. The van der Waals surface area contributed by atoms with E-state index in [1.165, 1.54) is 0 Å². The Hall–Kier alpha value is -2.22. The van der Waals surface area contributed by atoms with Gasteiger partial charge in [-0.05, 0) is 34.1 Å². The fraction of sp³-hybridized carbons (Fsp3) is 0.750. The quantitative estimate of drug-likeness (QED) is 0.0447. The Morgan fingerprint density at radius 3 is 1.89 bits per heavy atom. The van der Waals surface area contributed by atoms with Gasteiger partial charge in [0, 0.05) is 20.6 Å². The second-order valence-corrected chi connectivity index (χ2v) is 26.3. The summed E-state index contributed by atoms with van der Waals surface area (Å²) in [4.78, 5) is 39.9. The Morgan fingerprint density at radius 2 is 1.40 bits per heavy atom. The van der Waals surface area contributed by atoms with Crippen LogP contribution in [0.5, 0.6) is 0 Å². The molecule has 0 aromatic heterocycles. The monoisotopic (exact) mass is 695 g/mol. The topological polar surface area (TPSA) is 109 Å². The molecular formula is C36H65NO8Si2. The van der Waals surface area contributed by atoms with Crippen molar-refractivity contribution in [1.29, 1.82) is 0 Å². The standard InChI is InChI=1S/C36H65NO8Si2/c1-14-29(10)33(37-36(40)42-23-30-18-16-15-17-19-30)31(45-47(26(4)5,27(6)7)28(8)9)22-32(38)44-34(25(2)3)35(39)43-24-41-20-21-46(11,12)13/h15-19,25-29,31,33-34H,14,20-24H2,1-13H3,(H,37,40)/t29-,31-,33+,34-/m0/s1. The zero-order valence-electron chi connectivity index (χ0n) is 31.5. The van der Waals surface area contributed by atoms with E-state index in [4.69, 9.17) is 23.4 Å². The van der Waals surface area contributed by atoms with Gasteiger partial charge in [0.05, 0.1) is 18.6 Å². The molecule has 0 saturated carbocycles. The molecule has 1 N–H and O–H groups in total. The van der Waals surface area contributed by atoms with Gasteiger partial charge in [-0.1, -0.05) is 126 Å². The Kier molecular flexibility index (Phi) is 18.5. The normalized spacial score (nSPS) is 15.0. The van der Waals surface area contributed by atoms with Crippen LogP contribution in [0.25, 0.3) is 0 Å². The average Bonchev–Trinajstić information content (AvgIpc) is 2.98. The van der Waals surface area contributed by atoms with Gasteiger partial charge in [0.15, 0.2) is 6.79 Å². The maximum atomic E-state index is 13.7. The van der Waals surface area contributed by atoms with Crippen LogP contribution in [0.1, 0.15) is 87.6 Å². The molecule has 1 rings (SSSR count). The smallest absolute Gasteiger partial charge is 0.407 e. The van der Waals surface area contributed by atoms with Crippen molar-refractivity contribution >= 4 is 34.4 Å². The van der Waals surface area contributed by atoms with Gasteiger partial charge < -0.3 is 28.7 Å². The third kappa shape index (κ3) is 14.4. The maximum absolute atomic E-state index is 13.7. The summed E-state index contributed by atoms with van der Waals surface area (Å²) >= 11 is 0. The summed E-state index contributed by atoms with van der Waals surface area (Å²) < 4.78 is 29.5. The fourth-order valence-corrected chi connectivity index (χ4v) is 12.4. The highest BCUT2D eigenvalue weighted by atomic mass is 28.4. The minimum atomic E-state index is -2.53. The second kappa shape index (κ2) is 20.3. The molecule has 0 unspecified atom stereocenters. The summed E-state index contributed by atoms with van der Waals surface area (Å²) in [6.07, 6.45) is -1.79. The molecule has 0 heterocycles. The SMILES string of the molecule is CC[C@H](C)[C@@H](NC(=O)OCc1ccccc1)[C@H](CC(=O)O[C@H](C(=O)OCOCC[Si](C)(C)C)C(C)C)O[Si](C(C)C)(C(C)C)C(C)C. The Bertz CT molecular complexity index is 1050. The highest BCUT2D eigenvalue weighted by molar-refractivity contribution is 6.77. The van der Waals surface area contributed by atoms with Crippen LogP contribution < -0.4 is 5.32 Å². The van der Waals surface area contributed by atoms with Crippen LogP contribution >= 0.6 is 0 Å². The number of rotatable bonds is 21. The zero-order chi connectivity index (χ0) is 35.9. The van der Waals surface area contributed by atoms with Gasteiger partial charge in [-0.15, -0.1) is 0 Å². The van der Waals surface area contributed by atoms with Crippen LogP contribution in [0.3, 0.4) is 0 Å². The van der Waals surface area contributed by atoms with E-state index in [9.17, 15) is 14.4 Å². The third-order valence-electron chi connectivity index (χ3n) is 8.96. The Morgan fingerprint density at radius 1 is 0.830 bits per heavy atom. The number of alkyl carbamates (subject to hydrolysis) is 1. The zero-order valence-corrected chi connectivity index (χ0v) is 33.5. The molecule has 0 aliphatic carbocycles. The van der Waals surface area contributed by atoms with Crippen molar-refractivity contribution in [2.75, 3.05) is 13.4 Å². The van der Waals surface area contributed by atoms with E-state index < -0.39 is 52.7 Å². The summed E-state index contributed by atoms with van der Waals surface area (Å²) in [6.45, 7) is 27.9. The lowest BCUT2D eigenvalue weighted by molar-refractivity contribution is -0.180. The largest absolute Gasteiger partial charge is 0.450 e. The number of ether oxygens (including phenoxy) is 4. The molecule has 11 heteroatoms. The molecule has 0 radical (unpaired) electrons. The maximum Gasteiger partial charge on any atom is 0.407 e. The molecule has 0 fully saturated rings. The van der Waals surface area contributed by atoms with Crippen LogP contribution in [0.4, 0.5) is 4.79 Å². The number of hydrogen-bond donors (Lipinski definition) is 1. The first-order valence-electron chi connectivity index (χ1n) is 17.4. The molecule has 0 saturated heterocycles. The number of carbonyl (C=O) groups excluding carboxylic acids is 3. The van der Waals surface area contributed by atoms with Crippen LogP contribution in [0.2, 0.25) is 42.3 Å². The van der Waals surface area contributed by atoms with Gasteiger partial charge >= 0.3 is 18.0 Å². The summed E-state index contributed by atoms with van der Waals surface area (Å²) in [5.74, 6) is -1.60. The Labute approximate surface area is 287 Å². The number of carbonyl (C=O) groups is 3. The molecule has 1 aromatic carbocycles. The van der Waals surface area contributed by atoms with Gasteiger partial charge in [-0.25, -0.2) is 9.59 Å². The van der Waals surface area contributed by atoms with Crippen LogP contribution in [0.15, 0.2) is 30.3 Å². The van der Waals surface area contributed by atoms with Gasteiger partial charge in [0.2, 0.25) is 14.4 Å². The summed E-state index contributed by atoms with van der Waals surface area (Å²) in [5, 5.41) is 3.05. The average molecular weight is 696 g/mol. The number of nitrogens with one attached hydrogen (secondary N) is 1. The lowest BCUT2D eigenvalue weighted by Gasteiger charge is -2.46. The molecule has 270 valence electrons. The third-order valence-corrected chi connectivity index (χ3v) is 16.8. The lowest BCUT2D eigenvalue weighted by Crippen LogP contribution is -2.57. The summed E-state index contributed by atoms with van der Waals surface area (Å²) in [5.41, 5.74) is 1.59. The van der Waals surface area contributed by atoms with Crippen molar-refractivity contribution in [3.8, 4) is 0 Å². The van der Waals surface area contributed by atoms with Crippen molar-refractivity contribution in [2.45, 2.75) is 149 Å². The van der Waals surface area contributed by atoms with Crippen molar-refractivity contribution in [3.05, 3.63) is 35.9 Å². The molecule has 9 nitrogen and oxygen atoms in total. The first kappa shape index (κ1) is 42.8. The predicted octanol–water partition coefficient (Wildman–Crippen LogP) is 8.70. The van der Waals surface area contributed by atoms with E-state index in [0.717, 1.165) is 18.0 Å². The van der Waals surface area contributed by atoms with Gasteiger partial charge in [0.1, 0.15) is 6.61 Å². The molecule has 4 atom stereocenters. The van der Waals surface area contributed by atoms with E-state index >= 15 is 0 Å². The molecule has 0 aliphatic heterocycles. The fourth-order valence-electron chi connectivity index (χ4n) is 6.10. The van der Waals surface area contributed by atoms with E-state index in [1.54, 1.807) is 13.8 Å². The number of amides is 1. The number of hydrogen-bond acceptors (Lipinski definition) is 8. The Balaban J connectivity index is 3.28. The van der Waals surface area contributed by atoms with E-state index in [-0.39, 0.29) is 48.3 Å². The summed E-state index contributed by atoms with van der Waals surface area (Å²) in [6, 6.07) is 9.89. The number of esters is 2. The van der Waals surface area contributed by atoms with Crippen LogP contribution in [-0.4, -0.2) is 66.1 Å². The predicted molar refractivity (Wildman–Crippen MR) is 193 cm³/mol. The molecule has 47 heavy (non-hydrogen) atoms. The highest BCUT2D eigenvalue weighted by Crippen LogP contribution is 2.44. The van der Waals surface area contributed by atoms with Crippen molar-refractivity contribution < 1.29 is 37.8 Å². The van der Waals surface area contributed by atoms with E-state index in [2.05, 4.69) is 66.5 Å².